The zero-order valence-electron chi connectivity index (χ0n) is 10.8. The fourth-order valence-corrected chi connectivity index (χ4v) is 2.36. The van der Waals surface area contributed by atoms with E-state index in [-0.39, 0.29) is 5.78 Å². The highest BCUT2D eigenvalue weighted by Crippen LogP contribution is 2.28. The van der Waals surface area contributed by atoms with E-state index in [0.29, 0.717) is 17.7 Å². The van der Waals surface area contributed by atoms with E-state index in [1.165, 1.54) is 13.3 Å². The first kappa shape index (κ1) is 12.3. The van der Waals surface area contributed by atoms with Crippen molar-refractivity contribution < 1.29 is 9.32 Å². The van der Waals surface area contributed by atoms with Gasteiger partial charge >= 0.3 is 0 Å². The van der Waals surface area contributed by atoms with E-state index in [1.807, 2.05) is 0 Å². The molecule has 1 aliphatic rings. The third kappa shape index (κ3) is 2.75. The summed E-state index contributed by atoms with van der Waals surface area (Å²) in [7, 11) is 0. The summed E-state index contributed by atoms with van der Waals surface area (Å²) in [4.78, 5) is 13.6. The van der Waals surface area contributed by atoms with E-state index in [1.54, 1.807) is 6.07 Å². The van der Waals surface area contributed by atoms with Crippen molar-refractivity contribution in [2.45, 2.75) is 45.6 Å². The molecule has 4 nitrogen and oxygen atoms in total. The van der Waals surface area contributed by atoms with Crippen molar-refractivity contribution in [1.82, 2.24) is 10.1 Å². The zero-order valence-corrected chi connectivity index (χ0v) is 10.8. The quantitative estimate of drug-likeness (QED) is 0.756. The summed E-state index contributed by atoms with van der Waals surface area (Å²) in [6, 6.07) is 2.37. The van der Waals surface area contributed by atoms with Gasteiger partial charge in [0, 0.05) is 31.5 Å². The molecule has 0 aliphatic carbocycles. The minimum atomic E-state index is -0.0310. The van der Waals surface area contributed by atoms with Gasteiger partial charge in [0.15, 0.2) is 5.78 Å². The van der Waals surface area contributed by atoms with Gasteiger partial charge in [-0.1, -0.05) is 5.16 Å². The second kappa shape index (κ2) is 5.00. The average molecular weight is 236 g/mol. The largest absolute Gasteiger partial charge is 0.360 e. The van der Waals surface area contributed by atoms with Gasteiger partial charge in [-0.3, -0.25) is 4.79 Å². The Morgan fingerprint density at radius 2 is 2.35 bits per heavy atom. The molecule has 0 saturated carbocycles. The second-order valence-corrected chi connectivity index (χ2v) is 5.10. The van der Waals surface area contributed by atoms with Crippen LogP contribution in [0.25, 0.3) is 0 Å². The van der Waals surface area contributed by atoms with Gasteiger partial charge in [0.25, 0.3) is 0 Å². The van der Waals surface area contributed by atoms with Crippen molar-refractivity contribution in [1.29, 1.82) is 0 Å². The number of nitrogens with zero attached hydrogens (tertiary/aromatic N) is 2. The number of hydrogen-bond donors (Lipinski definition) is 0. The topological polar surface area (TPSA) is 46.3 Å². The lowest BCUT2D eigenvalue weighted by Crippen LogP contribution is -2.38. The van der Waals surface area contributed by atoms with E-state index in [9.17, 15) is 4.79 Å². The lowest BCUT2D eigenvalue weighted by molar-refractivity contribution is 0.100. The van der Waals surface area contributed by atoms with E-state index in [0.717, 1.165) is 25.3 Å². The van der Waals surface area contributed by atoms with Crippen molar-refractivity contribution in [3.05, 3.63) is 17.5 Å². The Morgan fingerprint density at radius 3 is 2.94 bits per heavy atom. The van der Waals surface area contributed by atoms with Gasteiger partial charge in [0.05, 0.1) is 0 Å². The van der Waals surface area contributed by atoms with E-state index in [4.69, 9.17) is 4.52 Å². The first-order chi connectivity index (χ1) is 8.08. The summed E-state index contributed by atoms with van der Waals surface area (Å²) in [5.41, 5.74) is 0.446. The Hall–Kier alpha value is -1.16. The van der Waals surface area contributed by atoms with Crippen LogP contribution >= 0.6 is 0 Å². The highest BCUT2D eigenvalue weighted by Gasteiger charge is 2.26. The van der Waals surface area contributed by atoms with Crippen LogP contribution in [0.5, 0.6) is 0 Å². The van der Waals surface area contributed by atoms with Crippen LogP contribution in [-0.4, -0.2) is 35.0 Å². The number of likely N-dealkylation sites (tertiary alicyclic amines) is 1. The van der Waals surface area contributed by atoms with E-state index < -0.39 is 0 Å². The normalized spacial score (nSPS) is 22.0. The number of rotatable bonds is 3. The molecule has 1 unspecified atom stereocenters. The Morgan fingerprint density at radius 1 is 1.59 bits per heavy atom. The van der Waals surface area contributed by atoms with E-state index >= 15 is 0 Å². The molecule has 94 valence electrons. The van der Waals surface area contributed by atoms with Crippen molar-refractivity contribution in [3.63, 3.8) is 0 Å². The van der Waals surface area contributed by atoms with Crippen LogP contribution in [0.15, 0.2) is 10.6 Å². The lowest BCUT2D eigenvalue weighted by Gasteiger charge is -2.34. The van der Waals surface area contributed by atoms with E-state index in [2.05, 4.69) is 23.9 Å². The van der Waals surface area contributed by atoms with Gasteiger partial charge in [-0.2, -0.15) is 0 Å². The molecule has 0 radical (unpaired) electrons. The molecule has 1 atom stereocenters. The maximum atomic E-state index is 11.2. The summed E-state index contributed by atoms with van der Waals surface area (Å²) >= 11 is 0. The molecular weight excluding hydrogens is 216 g/mol. The predicted molar refractivity (Wildman–Crippen MR) is 65.2 cm³/mol. The third-order valence-electron chi connectivity index (χ3n) is 3.47. The van der Waals surface area contributed by atoms with Crippen molar-refractivity contribution >= 4 is 5.78 Å². The molecule has 1 aromatic rings. The smallest absolute Gasteiger partial charge is 0.181 e. The van der Waals surface area contributed by atoms with Gasteiger partial charge in [-0.05, 0) is 33.2 Å². The first-order valence-electron chi connectivity index (χ1n) is 6.29. The number of carbonyl (C=O) groups excluding carboxylic acids is 1. The summed E-state index contributed by atoms with van der Waals surface area (Å²) in [6.45, 7) is 8.10. The van der Waals surface area contributed by atoms with Gasteiger partial charge in [-0.25, -0.2) is 0 Å². The molecule has 0 amide bonds. The molecule has 1 fully saturated rings. The van der Waals surface area contributed by atoms with Crippen molar-refractivity contribution in [2.24, 2.45) is 0 Å². The number of piperidine rings is 1. The van der Waals surface area contributed by atoms with Crippen LogP contribution in [0.3, 0.4) is 0 Å². The average Bonchev–Trinajstić information content (AvgIpc) is 2.78. The molecule has 1 aliphatic heterocycles. The van der Waals surface area contributed by atoms with Crippen molar-refractivity contribution in [3.8, 4) is 0 Å². The molecule has 2 rings (SSSR count). The molecule has 2 heterocycles. The highest BCUT2D eigenvalue weighted by atomic mass is 16.5. The van der Waals surface area contributed by atoms with Crippen LogP contribution in [-0.2, 0) is 0 Å². The van der Waals surface area contributed by atoms with Crippen LogP contribution in [0, 0.1) is 0 Å². The monoisotopic (exact) mass is 236 g/mol. The molecular formula is C13H20N2O2. The van der Waals surface area contributed by atoms with Crippen LogP contribution in [0.2, 0.25) is 0 Å². The summed E-state index contributed by atoms with van der Waals surface area (Å²) in [6.07, 6.45) is 2.30. The van der Waals surface area contributed by atoms with Crippen LogP contribution in [0.4, 0.5) is 0 Å². The zero-order chi connectivity index (χ0) is 12.4. The number of ketones is 1. The Bertz CT molecular complexity index is 398. The number of hydrogen-bond acceptors (Lipinski definition) is 4. The molecule has 0 spiro atoms. The Kier molecular flexibility index (Phi) is 3.62. The first-order valence-corrected chi connectivity index (χ1v) is 6.29. The number of aromatic nitrogens is 1. The summed E-state index contributed by atoms with van der Waals surface area (Å²) in [5.74, 6) is 1.21. The molecule has 0 aromatic carbocycles. The Labute approximate surface area is 102 Å². The minimum Gasteiger partial charge on any atom is -0.360 e. The fraction of sp³-hybridized carbons (Fsp3) is 0.692. The molecule has 0 bridgehead atoms. The molecule has 1 aromatic heterocycles. The maximum absolute atomic E-state index is 11.2. The van der Waals surface area contributed by atoms with Gasteiger partial charge < -0.3 is 9.42 Å². The fourth-order valence-electron chi connectivity index (χ4n) is 2.36. The van der Waals surface area contributed by atoms with Gasteiger partial charge in [0.2, 0.25) is 0 Å². The van der Waals surface area contributed by atoms with Crippen LogP contribution in [0.1, 0.15) is 55.8 Å². The van der Waals surface area contributed by atoms with Crippen LogP contribution < -0.4 is 0 Å². The summed E-state index contributed by atoms with van der Waals surface area (Å²) in [5, 5.41) is 3.82. The summed E-state index contributed by atoms with van der Waals surface area (Å²) < 4.78 is 5.30. The van der Waals surface area contributed by atoms with Crippen molar-refractivity contribution in [2.75, 3.05) is 13.1 Å². The molecule has 1 saturated heterocycles. The minimum absolute atomic E-state index is 0.0310. The maximum Gasteiger partial charge on any atom is 0.181 e. The highest BCUT2D eigenvalue weighted by molar-refractivity contribution is 5.91. The lowest BCUT2D eigenvalue weighted by atomic mass is 9.94. The van der Waals surface area contributed by atoms with Gasteiger partial charge in [-0.15, -0.1) is 0 Å². The number of Topliss-reactive ketones (excluding diaryl/α,β-unsaturated/α-hetero) is 1. The second-order valence-electron chi connectivity index (χ2n) is 5.10. The number of carbonyl (C=O) groups is 1. The van der Waals surface area contributed by atoms with Gasteiger partial charge in [0.1, 0.15) is 11.5 Å². The SMILES string of the molecule is CC(=O)c1cc(C2CCCN(C(C)C)C2)on1. The molecule has 0 N–H and O–H groups in total. The predicted octanol–water partition coefficient (Wildman–Crippen LogP) is 2.47. The third-order valence-corrected chi connectivity index (χ3v) is 3.47. The molecule has 4 heteroatoms. The standard InChI is InChI=1S/C13H20N2O2/c1-9(2)15-6-4-5-11(8-15)13-7-12(10(3)16)14-17-13/h7,9,11H,4-6,8H2,1-3H3. The molecule has 17 heavy (non-hydrogen) atoms. The Balaban J connectivity index is 2.08.